The molecule has 0 aliphatic rings. The second-order valence-electron chi connectivity index (χ2n) is 3.08. The topological polar surface area (TPSA) is 47.9 Å². The molecule has 4 nitrogen and oxygen atoms in total. The van der Waals surface area contributed by atoms with Crippen molar-refractivity contribution in [2.75, 3.05) is 26.4 Å². The van der Waals surface area contributed by atoms with Crippen molar-refractivity contribution in [3.05, 3.63) is 18.2 Å². The Morgan fingerprint density at radius 1 is 1.06 bits per heavy atom. The van der Waals surface area contributed by atoms with Crippen LogP contribution in [0.3, 0.4) is 0 Å². The summed E-state index contributed by atoms with van der Waals surface area (Å²) in [6, 6.07) is 5.05. The molecule has 0 amide bonds. The molecule has 1 aromatic rings. The van der Waals surface area contributed by atoms with E-state index in [2.05, 4.69) is 0 Å². The van der Waals surface area contributed by atoms with Crippen molar-refractivity contribution in [2.45, 2.75) is 13.8 Å². The van der Waals surface area contributed by atoms with Crippen LogP contribution in [-0.2, 0) is 4.74 Å². The third-order valence-corrected chi connectivity index (χ3v) is 1.94. The van der Waals surface area contributed by atoms with Crippen molar-refractivity contribution in [1.82, 2.24) is 0 Å². The Hall–Kier alpha value is -1.42. The van der Waals surface area contributed by atoms with Crippen molar-refractivity contribution >= 4 is 0 Å². The Balaban J connectivity index is 2.59. The van der Waals surface area contributed by atoms with E-state index in [9.17, 15) is 5.11 Å². The molecule has 0 bridgehead atoms. The van der Waals surface area contributed by atoms with Gasteiger partial charge in [0, 0.05) is 6.61 Å². The highest BCUT2D eigenvalue weighted by Gasteiger charge is 2.09. The number of phenols is 1. The predicted molar refractivity (Wildman–Crippen MR) is 61.3 cm³/mol. The zero-order chi connectivity index (χ0) is 11.8. The van der Waals surface area contributed by atoms with Crippen LogP contribution in [-0.4, -0.2) is 31.5 Å². The van der Waals surface area contributed by atoms with Crippen molar-refractivity contribution in [1.29, 1.82) is 0 Å². The predicted octanol–water partition coefficient (Wildman–Crippen LogP) is 2.21. The molecule has 0 saturated carbocycles. The van der Waals surface area contributed by atoms with Gasteiger partial charge in [-0.3, -0.25) is 0 Å². The van der Waals surface area contributed by atoms with Crippen LogP contribution in [0.4, 0.5) is 0 Å². The minimum Gasteiger partial charge on any atom is -0.504 e. The Labute approximate surface area is 95.8 Å². The van der Waals surface area contributed by atoms with Gasteiger partial charge < -0.3 is 19.3 Å². The average molecular weight is 226 g/mol. The SMILES string of the molecule is CCOCCOc1cccc(O)c1OCC. The molecule has 0 spiro atoms. The maximum absolute atomic E-state index is 9.59. The first-order valence-electron chi connectivity index (χ1n) is 5.44. The first kappa shape index (κ1) is 12.6. The molecule has 0 aliphatic heterocycles. The summed E-state index contributed by atoms with van der Waals surface area (Å²) in [5, 5.41) is 9.59. The number of para-hydroxylation sites is 1. The minimum atomic E-state index is 0.0933. The summed E-state index contributed by atoms with van der Waals surface area (Å²) in [6.07, 6.45) is 0. The third kappa shape index (κ3) is 3.62. The average Bonchev–Trinajstić information content (AvgIpc) is 2.29. The molecule has 0 aliphatic carbocycles. The van der Waals surface area contributed by atoms with Crippen LogP contribution >= 0.6 is 0 Å². The van der Waals surface area contributed by atoms with Crippen molar-refractivity contribution < 1.29 is 19.3 Å². The normalized spacial score (nSPS) is 10.1. The maximum atomic E-state index is 9.59. The summed E-state index contributed by atoms with van der Waals surface area (Å²) in [5.41, 5.74) is 0. The highest BCUT2D eigenvalue weighted by Crippen LogP contribution is 2.35. The van der Waals surface area contributed by atoms with Gasteiger partial charge in [0.05, 0.1) is 13.2 Å². The van der Waals surface area contributed by atoms with Crippen molar-refractivity contribution in [2.24, 2.45) is 0 Å². The minimum absolute atomic E-state index is 0.0933. The first-order chi connectivity index (χ1) is 7.79. The van der Waals surface area contributed by atoms with E-state index >= 15 is 0 Å². The molecule has 0 heterocycles. The van der Waals surface area contributed by atoms with Crippen LogP contribution in [0.25, 0.3) is 0 Å². The summed E-state index contributed by atoms with van der Waals surface area (Å²) in [4.78, 5) is 0. The molecule has 0 atom stereocenters. The monoisotopic (exact) mass is 226 g/mol. The third-order valence-electron chi connectivity index (χ3n) is 1.94. The van der Waals surface area contributed by atoms with E-state index in [1.54, 1.807) is 18.2 Å². The van der Waals surface area contributed by atoms with Gasteiger partial charge in [0.15, 0.2) is 11.5 Å². The fourth-order valence-electron chi connectivity index (χ4n) is 1.26. The number of aromatic hydroxyl groups is 1. The number of hydrogen-bond donors (Lipinski definition) is 1. The molecule has 16 heavy (non-hydrogen) atoms. The molecule has 0 saturated heterocycles. The van der Waals surface area contributed by atoms with Gasteiger partial charge in [-0.2, -0.15) is 0 Å². The van der Waals surface area contributed by atoms with E-state index in [-0.39, 0.29) is 5.75 Å². The lowest BCUT2D eigenvalue weighted by Crippen LogP contribution is -2.07. The Morgan fingerprint density at radius 3 is 2.56 bits per heavy atom. The van der Waals surface area contributed by atoms with E-state index in [0.29, 0.717) is 37.9 Å². The van der Waals surface area contributed by atoms with E-state index in [1.807, 2.05) is 13.8 Å². The van der Waals surface area contributed by atoms with Crippen LogP contribution in [0.1, 0.15) is 13.8 Å². The quantitative estimate of drug-likeness (QED) is 0.724. The molecule has 0 aromatic heterocycles. The van der Waals surface area contributed by atoms with Crippen LogP contribution in [0.15, 0.2) is 18.2 Å². The summed E-state index contributed by atoms with van der Waals surface area (Å²) >= 11 is 0. The standard InChI is InChI=1S/C12H18O4/c1-3-14-8-9-16-11-7-5-6-10(13)12(11)15-4-2/h5-7,13H,3-4,8-9H2,1-2H3. The number of phenolic OH excluding ortho intramolecular Hbond substituents is 1. The maximum Gasteiger partial charge on any atom is 0.203 e. The first-order valence-corrected chi connectivity index (χ1v) is 5.44. The van der Waals surface area contributed by atoms with Gasteiger partial charge in [0.25, 0.3) is 0 Å². The van der Waals surface area contributed by atoms with Gasteiger partial charge in [-0.1, -0.05) is 6.07 Å². The molecule has 0 radical (unpaired) electrons. The molecule has 0 fully saturated rings. The molecular weight excluding hydrogens is 208 g/mol. The van der Waals surface area contributed by atoms with Gasteiger partial charge in [0.2, 0.25) is 5.75 Å². The van der Waals surface area contributed by atoms with Gasteiger partial charge in [-0.05, 0) is 26.0 Å². The largest absolute Gasteiger partial charge is 0.504 e. The van der Waals surface area contributed by atoms with Crippen LogP contribution in [0.5, 0.6) is 17.2 Å². The zero-order valence-electron chi connectivity index (χ0n) is 9.73. The van der Waals surface area contributed by atoms with Crippen LogP contribution in [0.2, 0.25) is 0 Å². The van der Waals surface area contributed by atoms with Gasteiger partial charge in [-0.25, -0.2) is 0 Å². The summed E-state index contributed by atoms with van der Waals surface area (Å²) in [5.74, 6) is 1.03. The van der Waals surface area contributed by atoms with E-state index in [0.717, 1.165) is 0 Å². The highest BCUT2D eigenvalue weighted by molar-refractivity contribution is 5.50. The molecule has 1 N–H and O–H groups in total. The lowest BCUT2D eigenvalue weighted by atomic mass is 10.3. The zero-order valence-corrected chi connectivity index (χ0v) is 9.73. The summed E-state index contributed by atoms with van der Waals surface area (Å²) < 4.78 is 15.9. The van der Waals surface area contributed by atoms with E-state index in [4.69, 9.17) is 14.2 Å². The summed E-state index contributed by atoms with van der Waals surface area (Å²) in [6.45, 7) is 5.91. The van der Waals surface area contributed by atoms with E-state index in [1.165, 1.54) is 0 Å². The number of ether oxygens (including phenoxy) is 3. The fourth-order valence-corrected chi connectivity index (χ4v) is 1.26. The van der Waals surface area contributed by atoms with Crippen molar-refractivity contribution in [3.8, 4) is 17.2 Å². The summed E-state index contributed by atoms with van der Waals surface area (Å²) in [7, 11) is 0. The lowest BCUT2D eigenvalue weighted by molar-refractivity contribution is 0.108. The Bertz CT molecular complexity index is 312. The van der Waals surface area contributed by atoms with Crippen molar-refractivity contribution in [3.63, 3.8) is 0 Å². The molecule has 0 unspecified atom stereocenters. The van der Waals surface area contributed by atoms with Crippen LogP contribution in [0, 0.1) is 0 Å². The molecule has 1 aromatic carbocycles. The van der Waals surface area contributed by atoms with Gasteiger partial charge in [-0.15, -0.1) is 0 Å². The van der Waals surface area contributed by atoms with Gasteiger partial charge in [0.1, 0.15) is 6.61 Å². The highest BCUT2D eigenvalue weighted by atomic mass is 16.5. The molecule has 1 rings (SSSR count). The Morgan fingerprint density at radius 2 is 1.88 bits per heavy atom. The fraction of sp³-hybridized carbons (Fsp3) is 0.500. The second-order valence-corrected chi connectivity index (χ2v) is 3.08. The lowest BCUT2D eigenvalue weighted by Gasteiger charge is -2.12. The Kier molecular flexibility index (Phi) is 5.50. The van der Waals surface area contributed by atoms with E-state index < -0.39 is 0 Å². The van der Waals surface area contributed by atoms with Gasteiger partial charge >= 0.3 is 0 Å². The molecular formula is C12H18O4. The molecule has 4 heteroatoms. The smallest absolute Gasteiger partial charge is 0.203 e. The van der Waals surface area contributed by atoms with Crippen LogP contribution < -0.4 is 9.47 Å². The second kappa shape index (κ2) is 6.95. The molecule has 90 valence electrons. The number of hydrogen-bond acceptors (Lipinski definition) is 4. The number of benzene rings is 1. The number of rotatable bonds is 7.